The molecule has 4 aromatic rings. The Kier molecular flexibility index (Phi) is 13.2. The number of piperazine rings is 1. The van der Waals surface area contributed by atoms with Crippen molar-refractivity contribution in [1.82, 2.24) is 20.1 Å². The van der Waals surface area contributed by atoms with E-state index in [2.05, 4.69) is 39.5 Å². The van der Waals surface area contributed by atoms with Crippen LogP contribution >= 0.6 is 12.4 Å². The smallest absolute Gasteiger partial charge is 0.410 e. The summed E-state index contributed by atoms with van der Waals surface area (Å²) < 4.78 is 25.8. The minimum Gasteiger partial charge on any atom is -0.445 e. The molecule has 0 unspecified atom stereocenters. The van der Waals surface area contributed by atoms with Gasteiger partial charge in [-0.25, -0.2) is 14.2 Å². The summed E-state index contributed by atoms with van der Waals surface area (Å²) in [5.41, 5.74) is 10.3. The van der Waals surface area contributed by atoms with Gasteiger partial charge in [-0.05, 0) is 85.5 Å². The standard InChI is InChI=1S/C39H44FN5O4.ClH/c40-32-25-36(37(46)43-34-16-14-33(41)15-17-34)38(42-26-32)49-35-13-5-12-31(24-35)30-11-4-9-28(23-30)10-6-18-44-19-21-45(22-20-44)39(47)48-27-29-7-2-1-3-8-29;/h1-5,7-9,11-13,23-26,33-34H,6,10,14-22,27,41H2,(H,43,46);1H. The monoisotopic (exact) mass is 701 g/mol. The number of pyridine rings is 1. The number of hydrogen-bond acceptors (Lipinski definition) is 7. The lowest BCUT2D eigenvalue weighted by Crippen LogP contribution is -2.49. The lowest BCUT2D eigenvalue weighted by atomic mass is 9.91. The van der Waals surface area contributed by atoms with Crippen LogP contribution in [0.25, 0.3) is 11.1 Å². The number of aryl methyl sites for hydroxylation is 1. The van der Waals surface area contributed by atoms with E-state index in [0.717, 1.165) is 81.0 Å². The van der Waals surface area contributed by atoms with Crippen LogP contribution in [0.5, 0.6) is 11.6 Å². The number of ether oxygens (including phenoxy) is 2. The van der Waals surface area contributed by atoms with Gasteiger partial charge in [0.1, 0.15) is 23.7 Å². The Hall–Kier alpha value is -4.51. The van der Waals surface area contributed by atoms with Crippen molar-refractivity contribution in [2.45, 2.75) is 57.2 Å². The van der Waals surface area contributed by atoms with Gasteiger partial charge < -0.3 is 25.4 Å². The number of halogens is 2. The van der Waals surface area contributed by atoms with Crippen LogP contribution in [0.1, 0.15) is 53.6 Å². The molecule has 0 spiro atoms. The number of benzene rings is 3. The fraction of sp³-hybridized carbons (Fsp3) is 0.359. The molecule has 0 atom stereocenters. The van der Waals surface area contributed by atoms with E-state index in [0.29, 0.717) is 18.8 Å². The van der Waals surface area contributed by atoms with E-state index in [1.54, 1.807) is 11.0 Å². The predicted octanol–water partition coefficient (Wildman–Crippen LogP) is 6.99. The molecule has 1 aliphatic heterocycles. The van der Waals surface area contributed by atoms with Crippen molar-refractivity contribution in [1.29, 1.82) is 0 Å². The van der Waals surface area contributed by atoms with Gasteiger partial charge in [0.25, 0.3) is 5.91 Å². The third-order valence-corrected chi connectivity index (χ3v) is 9.25. The molecule has 11 heteroatoms. The summed E-state index contributed by atoms with van der Waals surface area (Å²) in [5, 5.41) is 3.00. The summed E-state index contributed by atoms with van der Waals surface area (Å²) in [5.74, 6) is -0.449. The molecule has 264 valence electrons. The molecule has 9 nitrogen and oxygen atoms in total. The first-order valence-corrected chi connectivity index (χ1v) is 17.2. The van der Waals surface area contributed by atoms with Crippen LogP contribution in [0.4, 0.5) is 9.18 Å². The maximum Gasteiger partial charge on any atom is 0.410 e. The molecule has 0 radical (unpaired) electrons. The summed E-state index contributed by atoms with van der Waals surface area (Å²) in [6, 6.07) is 27.1. The second kappa shape index (κ2) is 17.9. The second-order valence-corrected chi connectivity index (χ2v) is 12.9. The summed E-state index contributed by atoms with van der Waals surface area (Å²) in [4.78, 5) is 33.9. The maximum atomic E-state index is 14.2. The van der Waals surface area contributed by atoms with Gasteiger partial charge in [0, 0.05) is 38.3 Å². The van der Waals surface area contributed by atoms with E-state index in [1.807, 2.05) is 48.5 Å². The van der Waals surface area contributed by atoms with Crippen LogP contribution in [-0.4, -0.2) is 71.6 Å². The second-order valence-electron chi connectivity index (χ2n) is 12.9. The number of carbonyl (C=O) groups excluding carboxylic acids is 2. The zero-order chi connectivity index (χ0) is 34.0. The molecule has 50 heavy (non-hydrogen) atoms. The van der Waals surface area contributed by atoms with Crippen molar-refractivity contribution < 1.29 is 23.5 Å². The van der Waals surface area contributed by atoms with Gasteiger partial charge in [-0.15, -0.1) is 12.4 Å². The lowest BCUT2D eigenvalue weighted by Gasteiger charge is -2.34. The van der Waals surface area contributed by atoms with Crippen LogP contribution in [0.15, 0.2) is 91.1 Å². The fourth-order valence-electron chi connectivity index (χ4n) is 6.43. The van der Waals surface area contributed by atoms with E-state index < -0.39 is 11.7 Å². The first-order chi connectivity index (χ1) is 23.9. The Labute approximate surface area is 299 Å². The van der Waals surface area contributed by atoms with Crippen molar-refractivity contribution in [2.75, 3.05) is 32.7 Å². The fourth-order valence-corrected chi connectivity index (χ4v) is 6.43. The van der Waals surface area contributed by atoms with Gasteiger partial charge in [-0.2, -0.15) is 0 Å². The Balaban J connectivity index is 0.00000486. The highest BCUT2D eigenvalue weighted by atomic mass is 35.5. The quantitative estimate of drug-likeness (QED) is 0.174. The molecule has 1 aliphatic carbocycles. The van der Waals surface area contributed by atoms with Gasteiger partial charge in [0.05, 0.1) is 6.20 Å². The third-order valence-electron chi connectivity index (χ3n) is 9.25. The highest BCUT2D eigenvalue weighted by Crippen LogP contribution is 2.30. The first-order valence-electron chi connectivity index (χ1n) is 17.2. The molecule has 6 rings (SSSR count). The Morgan fingerprint density at radius 1 is 0.860 bits per heavy atom. The Morgan fingerprint density at radius 3 is 2.32 bits per heavy atom. The lowest BCUT2D eigenvalue weighted by molar-refractivity contribution is 0.0714. The molecular formula is C39H45ClFN5O4. The zero-order valence-corrected chi connectivity index (χ0v) is 29.0. The number of nitrogens with one attached hydrogen (secondary N) is 1. The summed E-state index contributed by atoms with van der Waals surface area (Å²) in [6.45, 7) is 4.23. The van der Waals surface area contributed by atoms with Crippen molar-refractivity contribution in [3.05, 3.63) is 114 Å². The van der Waals surface area contributed by atoms with Gasteiger partial charge >= 0.3 is 6.09 Å². The molecule has 1 aromatic heterocycles. The predicted molar refractivity (Wildman–Crippen MR) is 194 cm³/mol. The zero-order valence-electron chi connectivity index (χ0n) is 28.1. The average Bonchev–Trinajstić information content (AvgIpc) is 3.13. The maximum absolute atomic E-state index is 14.2. The molecule has 1 saturated carbocycles. The minimum absolute atomic E-state index is 0. The molecule has 2 fully saturated rings. The van der Waals surface area contributed by atoms with Gasteiger partial charge in [0.2, 0.25) is 5.88 Å². The van der Waals surface area contributed by atoms with Gasteiger partial charge in [-0.3, -0.25) is 9.69 Å². The number of amides is 2. The highest BCUT2D eigenvalue weighted by molar-refractivity contribution is 5.96. The van der Waals surface area contributed by atoms with Crippen LogP contribution < -0.4 is 15.8 Å². The third kappa shape index (κ3) is 10.3. The molecule has 3 aromatic carbocycles. The average molecular weight is 702 g/mol. The molecule has 2 amide bonds. The topological polar surface area (TPSA) is 110 Å². The van der Waals surface area contributed by atoms with Crippen molar-refractivity contribution in [3.63, 3.8) is 0 Å². The Bertz CT molecular complexity index is 1710. The molecule has 3 N–H and O–H groups in total. The van der Waals surface area contributed by atoms with E-state index in [-0.39, 0.29) is 48.6 Å². The number of aromatic nitrogens is 1. The Morgan fingerprint density at radius 2 is 1.56 bits per heavy atom. The number of carbonyl (C=O) groups is 2. The van der Waals surface area contributed by atoms with Gasteiger partial charge in [0.15, 0.2) is 0 Å². The summed E-state index contributed by atoms with van der Waals surface area (Å²) in [6.07, 6.45) is 5.99. The van der Waals surface area contributed by atoms with Crippen LogP contribution in [-0.2, 0) is 17.8 Å². The number of hydrogen-bond donors (Lipinski definition) is 2. The number of nitrogens with two attached hydrogens (primary N) is 1. The van der Waals surface area contributed by atoms with Crippen LogP contribution in [0, 0.1) is 5.82 Å². The van der Waals surface area contributed by atoms with Crippen LogP contribution in [0.3, 0.4) is 0 Å². The molecule has 2 heterocycles. The molecule has 2 aliphatic rings. The van der Waals surface area contributed by atoms with E-state index in [9.17, 15) is 14.0 Å². The molecule has 0 bridgehead atoms. The molecule has 1 saturated heterocycles. The van der Waals surface area contributed by atoms with Crippen molar-refractivity contribution in [2.24, 2.45) is 5.73 Å². The highest BCUT2D eigenvalue weighted by Gasteiger charge is 2.24. The largest absolute Gasteiger partial charge is 0.445 e. The van der Waals surface area contributed by atoms with Gasteiger partial charge in [-0.1, -0.05) is 66.7 Å². The minimum atomic E-state index is -0.602. The van der Waals surface area contributed by atoms with Crippen molar-refractivity contribution in [3.8, 4) is 22.8 Å². The SMILES string of the molecule is Cl.NC1CCC(NC(=O)c2cc(F)cnc2Oc2cccc(-c3cccc(CCCN4CCN(C(=O)OCc5ccccc5)CC4)c3)c2)CC1. The summed E-state index contributed by atoms with van der Waals surface area (Å²) in [7, 11) is 0. The van der Waals surface area contributed by atoms with Crippen LogP contribution in [0.2, 0.25) is 0 Å². The van der Waals surface area contributed by atoms with Crippen molar-refractivity contribution >= 4 is 24.4 Å². The number of rotatable bonds is 11. The summed E-state index contributed by atoms with van der Waals surface area (Å²) >= 11 is 0. The number of nitrogens with zero attached hydrogens (tertiary/aromatic N) is 3. The first kappa shape index (κ1) is 36.8. The van der Waals surface area contributed by atoms with E-state index in [4.69, 9.17) is 15.2 Å². The van der Waals surface area contributed by atoms with E-state index in [1.165, 1.54) is 11.6 Å². The van der Waals surface area contributed by atoms with E-state index >= 15 is 0 Å². The molecular weight excluding hydrogens is 657 g/mol. The normalized spacial score (nSPS) is 17.8.